The number of hydrogen-bond donors (Lipinski definition) is 1. The highest BCUT2D eigenvalue weighted by Crippen LogP contribution is 2.29. The van der Waals surface area contributed by atoms with Gasteiger partial charge in [-0.25, -0.2) is 9.37 Å². The smallest absolute Gasteiger partial charge is 0.236 e. The van der Waals surface area contributed by atoms with Crippen molar-refractivity contribution in [3.05, 3.63) is 94.4 Å². The van der Waals surface area contributed by atoms with Gasteiger partial charge in [0.1, 0.15) is 11.9 Å². The van der Waals surface area contributed by atoms with Gasteiger partial charge in [-0.05, 0) is 36.2 Å². The van der Waals surface area contributed by atoms with Crippen LogP contribution in [-0.4, -0.2) is 36.6 Å². The molecule has 186 valence electrons. The van der Waals surface area contributed by atoms with E-state index in [1.54, 1.807) is 23.1 Å². The van der Waals surface area contributed by atoms with Crippen LogP contribution in [0.25, 0.3) is 11.0 Å². The number of hydrogen-bond acceptors (Lipinski definition) is 7. The van der Waals surface area contributed by atoms with Crippen LogP contribution in [-0.2, 0) is 13.1 Å². The van der Waals surface area contributed by atoms with Crippen molar-refractivity contribution in [3.63, 3.8) is 0 Å². The highest BCUT2D eigenvalue weighted by Gasteiger charge is 2.16. The average molecular weight is 517 g/mol. The van der Waals surface area contributed by atoms with Crippen molar-refractivity contribution in [3.8, 4) is 11.8 Å². The van der Waals surface area contributed by atoms with Crippen LogP contribution >= 0.6 is 11.6 Å². The van der Waals surface area contributed by atoms with Crippen LogP contribution in [0.1, 0.15) is 35.5 Å². The number of halogens is 2. The fourth-order valence-corrected chi connectivity index (χ4v) is 4.25. The van der Waals surface area contributed by atoms with Gasteiger partial charge in [0.2, 0.25) is 5.82 Å². The van der Waals surface area contributed by atoms with E-state index >= 15 is 0 Å². The maximum absolute atomic E-state index is 14.7. The molecule has 0 saturated carbocycles. The minimum atomic E-state index is -0.561. The number of aromatic nitrogens is 6. The van der Waals surface area contributed by atoms with E-state index in [4.69, 9.17) is 16.3 Å². The molecule has 11 heteroatoms. The van der Waals surface area contributed by atoms with Gasteiger partial charge in [0, 0.05) is 35.7 Å². The van der Waals surface area contributed by atoms with E-state index in [9.17, 15) is 9.65 Å². The van der Waals surface area contributed by atoms with E-state index in [0.717, 1.165) is 11.1 Å². The van der Waals surface area contributed by atoms with Gasteiger partial charge in [0.25, 0.3) is 0 Å². The predicted octanol–water partition coefficient (Wildman–Crippen LogP) is 4.97. The molecule has 37 heavy (non-hydrogen) atoms. The van der Waals surface area contributed by atoms with Crippen LogP contribution in [0.2, 0.25) is 5.02 Å². The van der Waals surface area contributed by atoms with Gasteiger partial charge in [0.15, 0.2) is 17.2 Å². The second-order valence-electron chi connectivity index (χ2n) is 8.37. The van der Waals surface area contributed by atoms with Crippen LogP contribution in [0.3, 0.4) is 0 Å². The molecular weight excluding hydrogens is 495 g/mol. The molecule has 0 bridgehead atoms. The molecule has 0 fully saturated rings. The van der Waals surface area contributed by atoms with Crippen molar-refractivity contribution in [1.82, 2.24) is 29.5 Å². The molecule has 9 nitrogen and oxygen atoms in total. The first-order valence-corrected chi connectivity index (χ1v) is 11.8. The number of anilines is 1. The van der Waals surface area contributed by atoms with Crippen LogP contribution in [0.5, 0.6) is 5.75 Å². The Labute approximate surface area is 217 Å². The van der Waals surface area contributed by atoms with E-state index in [1.165, 1.54) is 13.2 Å². The molecule has 1 unspecified atom stereocenters. The first-order valence-electron chi connectivity index (χ1n) is 11.4. The van der Waals surface area contributed by atoms with Crippen LogP contribution < -0.4 is 10.1 Å². The Morgan fingerprint density at radius 1 is 1.19 bits per heavy atom. The van der Waals surface area contributed by atoms with Gasteiger partial charge < -0.3 is 10.1 Å². The molecule has 3 heterocycles. The zero-order valence-corrected chi connectivity index (χ0v) is 20.8. The Morgan fingerprint density at radius 2 is 2.00 bits per heavy atom. The molecule has 0 aliphatic carbocycles. The van der Waals surface area contributed by atoms with E-state index in [-0.39, 0.29) is 34.7 Å². The molecule has 2 aromatic carbocycles. The summed E-state index contributed by atoms with van der Waals surface area (Å²) in [7, 11) is 1.39. The second-order valence-corrected chi connectivity index (χ2v) is 8.78. The Morgan fingerprint density at radius 3 is 2.70 bits per heavy atom. The second kappa shape index (κ2) is 10.2. The third-order valence-electron chi connectivity index (χ3n) is 6.06. The van der Waals surface area contributed by atoms with Crippen LogP contribution in [0, 0.1) is 17.1 Å². The average Bonchev–Trinajstić information content (AvgIpc) is 3.59. The summed E-state index contributed by atoms with van der Waals surface area (Å²) in [5, 5.41) is 22.2. The van der Waals surface area contributed by atoms with E-state index in [1.807, 2.05) is 35.1 Å². The number of fused-ring (bicyclic) bond motifs is 1. The number of nitrogens with zero attached hydrogens (tertiary/aromatic N) is 7. The Hall–Kier alpha value is -4.49. The first kappa shape index (κ1) is 24.2. The van der Waals surface area contributed by atoms with Crippen LogP contribution in [0.4, 0.5) is 10.2 Å². The quantitative estimate of drug-likeness (QED) is 0.310. The van der Waals surface area contributed by atoms with Gasteiger partial charge in [-0.15, -0.1) is 0 Å². The third-order valence-corrected chi connectivity index (χ3v) is 6.41. The van der Waals surface area contributed by atoms with Crippen molar-refractivity contribution in [1.29, 1.82) is 5.26 Å². The van der Waals surface area contributed by atoms with Crippen molar-refractivity contribution in [2.45, 2.75) is 26.1 Å². The van der Waals surface area contributed by atoms with Crippen LogP contribution in [0.15, 0.2) is 61.1 Å². The summed E-state index contributed by atoms with van der Waals surface area (Å²) in [6.07, 6.45) is 5.49. The molecule has 0 radical (unpaired) electrons. The minimum absolute atomic E-state index is 0.0277. The van der Waals surface area contributed by atoms with Gasteiger partial charge in [-0.1, -0.05) is 35.9 Å². The number of methoxy groups -OCH3 is 1. The minimum Gasteiger partial charge on any atom is -0.494 e. The zero-order chi connectivity index (χ0) is 25.9. The van der Waals surface area contributed by atoms with Gasteiger partial charge in [0.05, 0.1) is 25.1 Å². The summed E-state index contributed by atoms with van der Waals surface area (Å²) in [4.78, 5) is 8.50. The fraction of sp³-hybridized carbons (Fsp3) is 0.192. The zero-order valence-electron chi connectivity index (χ0n) is 20.1. The third kappa shape index (κ3) is 4.94. The Bertz CT molecular complexity index is 1590. The summed E-state index contributed by atoms with van der Waals surface area (Å²) < 4.78 is 23.4. The normalized spacial score (nSPS) is 11.9. The lowest BCUT2D eigenvalue weighted by Gasteiger charge is -2.13. The molecular formula is C26H22ClFN8O. The van der Waals surface area contributed by atoms with Crippen molar-refractivity contribution >= 4 is 28.5 Å². The van der Waals surface area contributed by atoms with E-state index in [2.05, 4.69) is 44.5 Å². The summed E-state index contributed by atoms with van der Waals surface area (Å²) in [5.41, 5.74) is 2.76. The molecule has 0 saturated heterocycles. The predicted molar refractivity (Wildman–Crippen MR) is 137 cm³/mol. The maximum atomic E-state index is 14.7. The van der Waals surface area contributed by atoms with E-state index < -0.39 is 5.82 Å². The molecule has 0 aliphatic rings. The largest absolute Gasteiger partial charge is 0.494 e. The van der Waals surface area contributed by atoms with Gasteiger partial charge in [-0.2, -0.15) is 20.4 Å². The number of benzene rings is 2. The summed E-state index contributed by atoms with van der Waals surface area (Å²) >= 11 is 6.21. The Balaban J connectivity index is 1.39. The van der Waals surface area contributed by atoms with Crippen molar-refractivity contribution in [2.75, 3.05) is 12.4 Å². The molecule has 3 aromatic heterocycles. The van der Waals surface area contributed by atoms with Crippen molar-refractivity contribution in [2.24, 2.45) is 0 Å². The number of rotatable bonds is 8. The highest BCUT2D eigenvalue weighted by atomic mass is 35.5. The number of nitrogens with one attached hydrogen (secondary N) is 1. The molecule has 1 atom stereocenters. The molecule has 5 rings (SSSR count). The topological polar surface area (TPSA) is 106 Å². The lowest BCUT2D eigenvalue weighted by Crippen LogP contribution is -2.07. The molecule has 0 aliphatic heterocycles. The summed E-state index contributed by atoms with van der Waals surface area (Å²) in [5.74, 6) is -0.164. The molecule has 0 spiro atoms. The summed E-state index contributed by atoms with van der Waals surface area (Å²) in [6, 6.07) is 15.2. The van der Waals surface area contributed by atoms with Gasteiger partial charge in [-0.3, -0.25) is 9.36 Å². The fourth-order valence-electron chi connectivity index (χ4n) is 4.04. The summed E-state index contributed by atoms with van der Waals surface area (Å²) in [6.45, 7) is 2.61. The lowest BCUT2D eigenvalue weighted by atomic mass is 10.1. The first-order chi connectivity index (χ1) is 18.0. The monoisotopic (exact) mass is 516 g/mol. The Kier molecular flexibility index (Phi) is 6.70. The van der Waals surface area contributed by atoms with E-state index in [0.29, 0.717) is 23.4 Å². The maximum Gasteiger partial charge on any atom is 0.236 e. The highest BCUT2D eigenvalue weighted by molar-refractivity contribution is 6.31. The number of nitriles is 1. The SMILES string of the molecule is COc1ccc(Cl)c(CNc2nc(C#N)nc3nn(Cc4ccc(C(C)n5cccn5)cc4)cc23)c1F. The molecule has 5 aromatic rings. The standard InChI is InChI=1S/C26H22ClFN8O/c1-16(36-11-3-10-31-36)18-6-4-17(5-7-18)14-35-15-20-25(32-23(12-29)33-26(20)34-35)30-13-19-21(27)8-9-22(37-2)24(19)28/h3-11,15-16H,13-14H2,1-2H3,(H,30,32,33,34). The molecule has 0 amide bonds. The molecule has 1 N–H and O–H groups in total. The van der Waals surface area contributed by atoms with Gasteiger partial charge >= 0.3 is 0 Å². The lowest BCUT2D eigenvalue weighted by molar-refractivity contribution is 0.384. The van der Waals surface area contributed by atoms with Crippen molar-refractivity contribution < 1.29 is 9.13 Å². The number of ether oxygens (including phenoxy) is 1.